The van der Waals surface area contributed by atoms with Gasteiger partial charge in [0.05, 0.1) is 12.0 Å². The van der Waals surface area contributed by atoms with Crippen molar-refractivity contribution in [3.63, 3.8) is 0 Å². The van der Waals surface area contributed by atoms with Crippen molar-refractivity contribution >= 4 is 24.3 Å². The van der Waals surface area contributed by atoms with Gasteiger partial charge in [-0.1, -0.05) is 6.07 Å². The van der Waals surface area contributed by atoms with Gasteiger partial charge >= 0.3 is 0 Å². The Kier molecular flexibility index (Phi) is 5.53. The van der Waals surface area contributed by atoms with Crippen LogP contribution >= 0.6 is 0 Å². The second-order valence-electron chi connectivity index (χ2n) is 4.41. The van der Waals surface area contributed by atoms with Crippen LogP contribution in [0, 0.1) is 0 Å². The van der Waals surface area contributed by atoms with Crippen molar-refractivity contribution in [2.75, 3.05) is 28.2 Å². The molecule has 0 aliphatic carbocycles. The summed E-state index contributed by atoms with van der Waals surface area (Å²) in [4.78, 5) is 19.6. The average Bonchev–Trinajstić information content (AvgIpc) is 2.36. The molecule has 1 aromatic rings. The molecule has 0 spiro atoms. The van der Waals surface area contributed by atoms with Crippen LogP contribution in [0.25, 0.3) is 0 Å². The SMILES string of the molecule is CN(C)/C=N/NC(=O)c1cccc(/N=C/N(C)C)c1. The second kappa shape index (κ2) is 7.15. The molecule has 1 aromatic carbocycles. The Bertz CT molecular complexity index is 480. The fourth-order valence-electron chi connectivity index (χ4n) is 1.18. The van der Waals surface area contributed by atoms with Gasteiger partial charge in [0.25, 0.3) is 5.91 Å². The number of carbonyl (C=O) groups is 1. The molecule has 6 heteroatoms. The number of hydrogen-bond acceptors (Lipinski definition) is 3. The van der Waals surface area contributed by atoms with Gasteiger partial charge in [-0.05, 0) is 18.2 Å². The summed E-state index contributed by atoms with van der Waals surface area (Å²) in [5.41, 5.74) is 3.69. The average molecular weight is 261 g/mol. The lowest BCUT2D eigenvalue weighted by atomic mass is 10.2. The van der Waals surface area contributed by atoms with Crippen molar-refractivity contribution in [2.24, 2.45) is 10.1 Å². The van der Waals surface area contributed by atoms with E-state index in [1.54, 1.807) is 29.4 Å². The molecule has 0 radical (unpaired) electrons. The first-order valence-electron chi connectivity index (χ1n) is 5.79. The van der Waals surface area contributed by atoms with E-state index in [9.17, 15) is 4.79 Å². The number of carbonyl (C=O) groups excluding carboxylic acids is 1. The molecule has 0 heterocycles. The van der Waals surface area contributed by atoms with Crippen LogP contribution in [0.3, 0.4) is 0 Å². The summed E-state index contributed by atoms with van der Waals surface area (Å²) < 4.78 is 0. The Labute approximate surface area is 113 Å². The molecule has 0 bridgehead atoms. The van der Waals surface area contributed by atoms with E-state index < -0.39 is 0 Å². The van der Waals surface area contributed by atoms with E-state index in [0.29, 0.717) is 5.56 Å². The van der Waals surface area contributed by atoms with Crippen molar-refractivity contribution in [1.82, 2.24) is 15.2 Å². The van der Waals surface area contributed by atoms with Crippen LogP contribution in [0.1, 0.15) is 10.4 Å². The highest BCUT2D eigenvalue weighted by Gasteiger charge is 2.04. The summed E-state index contributed by atoms with van der Waals surface area (Å²) in [6, 6.07) is 7.04. The Morgan fingerprint density at radius 2 is 1.84 bits per heavy atom. The Morgan fingerprint density at radius 3 is 2.47 bits per heavy atom. The molecule has 0 saturated heterocycles. The van der Waals surface area contributed by atoms with Gasteiger partial charge in [0.15, 0.2) is 0 Å². The largest absolute Gasteiger partial charge is 0.369 e. The predicted molar refractivity (Wildman–Crippen MR) is 77.9 cm³/mol. The smallest absolute Gasteiger partial charge is 0.271 e. The van der Waals surface area contributed by atoms with Gasteiger partial charge in [0.2, 0.25) is 0 Å². The van der Waals surface area contributed by atoms with Crippen molar-refractivity contribution < 1.29 is 4.79 Å². The van der Waals surface area contributed by atoms with Crippen LogP contribution in [-0.4, -0.2) is 56.6 Å². The summed E-state index contributed by atoms with van der Waals surface area (Å²) in [5.74, 6) is -0.264. The molecular weight excluding hydrogens is 242 g/mol. The van der Waals surface area contributed by atoms with Crippen LogP contribution in [0.5, 0.6) is 0 Å². The normalized spacial score (nSPS) is 10.9. The zero-order chi connectivity index (χ0) is 14.3. The maximum atomic E-state index is 11.8. The topological polar surface area (TPSA) is 60.3 Å². The molecule has 1 N–H and O–H groups in total. The van der Waals surface area contributed by atoms with E-state index >= 15 is 0 Å². The molecule has 0 aromatic heterocycles. The summed E-state index contributed by atoms with van der Waals surface area (Å²) in [6.45, 7) is 0. The third-order valence-corrected chi connectivity index (χ3v) is 2.00. The van der Waals surface area contributed by atoms with Crippen LogP contribution in [0.4, 0.5) is 5.69 Å². The molecule has 0 fully saturated rings. The Hall–Kier alpha value is -2.37. The molecule has 1 rings (SSSR count). The first kappa shape index (κ1) is 14.7. The molecule has 19 heavy (non-hydrogen) atoms. The zero-order valence-electron chi connectivity index (χ0n) is 11.7. The number of nitrogens with one attached hydrogen (secondary N) is 1. The number of aliphatic imine (C=N–C) groups is 1. The number of rotatable bonds is 5. The monoisotopic (exact) mass is 261 g/mol. The summed E-state index contributed by atoms with van der Waals surface area (Å²) >= 11 is 0. The fraction of sp³-hybridized carbons (Fsp3) is 0.308. The minimum absolute atomic E-state index is 0.264. The first-order valence-corrected chi connectivity index (χ1v) is 5.79. The van der Waals surface area contributed by atoms with Crippen LogP contribution < -0.4 is 5.43 Å². The van der Waals surface area contributed by atoms with Gasteiger partial charge in [0.1, 0.15) is 6.34 Å². The van der Waals surface area contributed by atoms with Crippen molar-refractivity contribution in [1.29, 1.82) is 0 Å². The molecule has 6 nitrogen and oxygen atoms in total. The molecule has 102 valence electrons. The number of nitrogens with zero attached hydrogens (tertiary/aromatic N) is 4. The van der Waals surface area contributed by atoms with Gasteiger partial charge in [-0.25, -0.2) is 10.4 Å². The van der Waals surface area contributed by atoms with E-state index in [-0.39, 0.29) is 5.91 Å². The number of hydrogen-bond donors (Lipinski definition) is 1. The standard InChI is InChI=1S/C13H19N5O/c1-17(2)9-14-12-7-5-6-11(8-12)13(19)16-15-10-18(3)4/h5-10H,1-4H3,(H,16,19)/b14-9+,15-10+. The van der Waals surface area contributed by atoms with Crippen LogP contribution in [-0.2, 0) is 0 Å². The minimum Gasteiger partial charge on any atom is -0.369 e. The molecular formula is C13H19N5O. The van der Waals surface area contributed by atoms with E-state index in [4.69, 9.17) is 0 Å². The zero-order valence-corrected chi connectivity index (χ0v) is 11.7. The Morgan fingerprint density at radius 1 is 1.16 bits per heavy atom. The van der Waals surface area contributed by atoms with E-state index in [1.165, 1.54) is 6.34 Å². The highest BCUT2D eigenvalue weighted by molar-refractivity contribution is 5.95. The Balaban J connectivity index is 2.73. The lowest BCUT2D eigenvalue weighted by molar-refractivity contribution is 0.0954. The summed E-state index contributed by atoms with van der Waals surface area (Å²) in [7, 11) is 7.42. The van der Waals surface area contributed by atoms with Gasteiger partial charge in [-0.15, -0.1) is 0 Å². The maximum absolute atomic E-state index is 11.8. The number of benzene rings is 1. The third kappa shape index (κ3) is 5.67. The van der Waals surface area contributed by atoms with Crippen molar-refractivity contribution in [3.8, 4) is 0 Å². The molecule has 1 amide bonds. The summed E-state index contributed by atoms with van der Waals surface area (Å²) in [6.07, 6.45) is 3.20. The van der Waals surface area contributed by atoms with E-state index in [1.807, 2.05) is 39.2 Å². The molecule has 0 unspecified atom stereocenters. The molecule has 0 aliphatic rings. The third-order valence-electron chi connectivity index (χ3n) is 2.00. The maximum Gasteiger partial charge on any atom is 0.271 e. The fourth-order valence-corrected chi connectivity index (χ4v) is 1.18. The van der Waals surface area contributed by atoms with Crippen LogP contribution in [0.15, 0.2) is 34.4 Å². The number of amides is 1. The van der Waals surface area contributed by atoms with Crippen LogP contribution in [0.2, 0.25) is 0 Å². The first-order chi connectivity index (χ1) is 8.99. The predicted octanol–water partition coefficient (Wildman–Crippen LogP) is 1.14. The summed E-state index contributed by atoms with van der Waals surface area (Å²) in [5, 5.41) is 3.81. The highest BCUT2D eigenvalue weighted by atomic mass is 16.2. The van der Waals surface area contributed by atoms with Gasteiger partial charge in [-0.2, -0.15) is 5.10 Å². The molecule has 0 aliphatic heterocycles. The van der Waals surface area contributed by atoms with Gasteiger partial charge in [-0.3, -0.25) is 4.79 Å². The molecule has 0 saturated carbocycles. The molecule has 0 atom stereocenters. The second-order valence-corrected chi connectivity index (χ2v) is 4.41. The lowest BCUT2D eigenvalue weighted by Crippen LogP contribution is -2.20. The van der Waals surface area contributed by atoms with E-state index in [0.717, 1.165) is 5.69 Å². The van der Waals surface area contributed by atoms with Crippen molar-refractivity contribution in [3.05, 3.63) is 29.8 Å². The van der Waals surface area contributed by atoms with Crippen molar-refractivity contribution in [2.45, 2.75) is 0 Å². The van der Waals surface area contributed by atoms with Gasteiger partial charge in [0, 0.05) is 33.8 Å². The van der Waals surface area contributed by atoms with Gasteiger partial charge < -0.3 is 9.80 Å². The number of hydrazone groups is 1. The lowest BCUT2D eigenvalue weighted by Gasteiger charge is -2.05. The quantitative estimate of drug-likeness (QED) is 0.491. The minimum atomic E-state index is -0.264. The van der Waals surface area contributed by atoms with E-state index in [2.05, 4.69) is 15.5 Å². The highest BCUT2D eigenvalue weighted by Crippen LogP contribution is 2.13.